The third-order valence-electron chi connectivity index (χ3n) is 3.33. The third kappa shape index (κ3) is 5.28. The Bertz CT molecular complexity index is 1020. The molecule has 1 aromatic carbocycles. The quantitative estimate of drug-likeness (QED) is 0.679. The van der Waals surface area contributed by atoms with Crippen molar-refractivity contribution >= 4 is 44.2 Å². The summed E-state index contributed by atoms with van der Waals surface area (Å²) < 4.78 is 26.8. The van der Waals surface area contributed by atoms with Gasteiger partial charge in [-0.1, -0.05) is 23.1 Å². The van der Waals surface area contributed by atoms with E-state index in [1.54, 1.807) is 6.92 Å². The van der Waals surface area contributed by atoms with Crippen molar-refractivity contribution < 1.29 is 13.2 Å². The number of amides is 1. The topological polar surface area (TPSA) is 127 Å². The molecule has 8 nitrogen and oxygen atoms in total. The summed E-state index contributed by atoms with van der Waals surface area (Å²) in [6.07, 6.45) is 0. The summed E-state index contributed by atoms with van der Waals surface area (Å²) in [5.41, 5.74) is 1.05. The molecule has 1 heterocycles. The molecule has 2 aromatic rings. The number of nitrogens with one attached hydrogen (secondary N) is 1. The van der Waals surface area contributed by atoms with E-state index in [2.05, 4.69) is 10.3 Å². The Hall–Kier alpha value is -2.44. The lowest BCUT2D eigenvalue weighted by Gasteiger charge is -2.16. The second kappa shape index (κ2) is 8.97. The number of carbonyl (C=O) groups is 1. The molecule has 11 heteroatoms. The SMILES string of the molecule is Cc1nc(NC(=O)CN(C)S(=O)(=O)c2ccc(C#N)cc2)sc1SCC#N. The molecule has 0 atom stereocenters. The predicted octanol–water partition coefficient (Wildman–Crippen LogP) is 2.20. The average molecular weight is 422 g/mol. The summed E-state index contributed by atoms with van der Waals surface area (Å²) in [7, 11) is -2.56. The Labute approximate surface area is 165 Å². The van der Waals surface area contributed by atoms with E-state index in [1.165, 1.54) is 54.4 Å². The minimum absolute atomic E-state index is 0.00270. The maximum atomic E-state index is 12.5. The molecular weight excluding hydrogens is 406 g/mol. The lowest BCUT2D eigenvalue weighted by molar-refractivity contribution is -0.116. The van der Waals surface area contributed by atoms with Crippen molar-refractivity contribution in [2.75, 3.05) is 24.7 Å². The highest BCUT2D eigenvalue weighted by atomic mass is 32.2. The first kappa shape index (κ1) is 20.9. The summed E-state index contributed by atoms with van der Waals surface area (Å²) in [4.78, 5) is 16.4. The van der Waals surface area contributed by atoms with E-state index < -0.39 is 15.9 Å². The lowest BCUT2D eigenvalue weighted by atomic mass is 10.2. The first-order chi connectivity index (χ1) is 12.8. The summed E-state index contributed by atoms with van der Waals surface area (Å²) in [6.45, 7) is 1.38. The van der Waals surface area contributed by atoms with Gasteiger partial charge in [-0.2, -0.15) is 14.8 Å². The minimum atomic E-state index is -3.86. The van der Waals surface area contributed by atoms with Gasteiger partial charge >= 0.3 is 0 Å². The molecule has 0 saturated carbocycles. The van der Waals surface area contributed by atoms with Gasteiger partial charge in [0.2, 0.25) is 15.9 Å². The summed E-state index contributed by atoms with van der Waals surface area (Å²) in [6, 6.07) is 9.39. The van der Waals surface area contributed by atoms with Gasteiger partial charge in [0.15, 0.2) is 5.13 Å². The van der Waals surface area contributed by atoms with Crippen LogP contribution < -0.4 is 5.32 Å². The van der Waals surface area contributed by atoms with Gasteiger partial charge in [0.25, 0.3) is 0 Å². The third-order valence-corrected chi connectivity index (χ3v) is 7.45. The summed E-state index contributed by atoms with van der Waals surface area (Å²) >= 11 is 2.56. The number of aromatic nitrogens is 1. The Balaban J connectivity index is 2.04. The van der Waals surface area contributed by atoms with Crippen LogP contribution >= 0.6 is 23.1 Å². The average Bonchev–Trinajstić information content (AvgIpc) is 2.98. The number of aryl methyl sites for hydroxylation is 1. The van der Waals surface area contributed by atoms with Gasteiger partial charge < -0.3 is 5.32 Å². The molecule has 0 spiro atoms. The van der Waals surface area contributed by atoms with Crippen molar-refractivity contribution in [2.24, 2.45) is 0 Å². The van der Waals surface area contributed by atoms with Crippen molar-refractivity contribution in [1.29, 1.82) is 10.5 Å². The zero-order valence-electron chi connectivity index (χ0n) is 14.5. The second-order valence-electron chi connectivity index (χ2n) is 5.28. The highest BCUT2D eigenvalue weighted by Crippen LogP contribution is 2.31. The fourth-order valence-electron chi connectivity index (χ4n) is 2.00. The van der Waals surface area contributed by atoms with Gasteiger partial charge in [-0.15, -0.1) is 0 Å². The molecule has 140 valence electrons. The lowest BCUT2D eigenvalue weighted by Crippen LogP contribution is -2.34. The van der Waals surface area contributed by atoms with Crippen LogP contribution in [0.1, 0.15) is 11.3 Å². The molecule has 2 rings (SSSR count). The number of hydrogen-bond acceptors (Lipinski definition) is 8. The van der Waals surface area contributed by atoms with E-state index in [-0.39, 0.29) is 17.2 Å². The van der Waals surface area contributed by atoms with Crippen LogP contribution in [0.2, 0.25) is 0 Å². The van der Waals surface area contributed by atoms with Crippen LogP contribution in [0.3, 0.4) is 0 Å². The number of rotatable bonds is 7. The van der Waals surface area contributed by atoms with Gasteiger partial charge in [0, 0.05) is 7.05 Å². The van der Waals surface area contributed by atoms with E-state index in [1.807, 2.05) is 12.1 Å². The number of anilines is 1. The Morgan fingerprint density at radius 1 is 1.33 bits per heavy atom. The van der Waals surface area contributed by atoms with Gasteiger partial charge in [-0.3, -0.25) is 4.79 Å². The zero-order chi connectivity index (χ0) is 20.0. The largest absolute Gasteiger partial charge is 0.301 e. The monoisotopic (exact) mass is 421 g/mol. The summed E-state index contributed by atoms with van der Waals surface area (Å²) in [5.74, 6) is -0.248. The van der Waals surface area contributed by atoms with Crippen LogP contribution in [0.4, 0.5) is 5.13 Å². The molecule has 0 fully saturated rings. The normalized spacial score (nSPS) is 11.0. The molecule has 0 saturated heterocycles. The Morgan fingerprint density at radius 2 is 2.00 bits per heavy atom. The van der Waals surface area contributed by atoms with Crippen molar-refractivity contribution in [2.45, 2.75) is 16.0 Å². The molecule has 27 heavy (non-hydrogen) atoms. The van der Waals surface area contributed by atoms with E-state index in [0.29, 0.717) is 16.4 Å². The number of carbonyl (C=O) groups excluding carboxylic acids is 1. The van der Waals surface area contributed by atoms with Crippen LogP contribution in [0, 0.1) is 29.6 Å². The summed E-state index contributed by atoms with van der Waals surface area (Å²) in [5, 5.41) is 20.3. The zero-order valence-corrected chi connectivity index (χ0v) is 16.9. The van der Waals surface area contributed by atoms with E-state index >= 15 is 0 Å². The second-order valence-corrected chi connectivity index (χ2v) is 9.57. The molecule has 0 aliphatic heterocycles. The Kier molecular flexibility index (Phi) is 6.93. The van der Waals surface area contributed by atoms with Crippen molar-refractivity contribution in [3.63, 3.8) is 0 Å². The van der Waals surface area contributed by atoms with E-state index in [0.717, 1.165) is 8.51 Å². The number of hydrogen-bond donors (Lipinski definition) is 1. The van der Waals surface area contributed by atoms with Crippen molar-refractivity contribution in [1.82, 2.24) is 9.29 Å². The molecule has 1 aromatic heterocycles. The van der Waals surface area contributed by atoms with Crippen LogP contribution in [0.5, 0.6) is 0 Å². The molecule has 0 unspecified atom stereocenters. The molecule has 0 radical (unpaired) electrons. The smallest absolute Gasteiger partial charge is 0.243 e. The van der Waals surface area contributed by atoms with Gasteiger partial charge in [0.05, 0.1) is 44.8 Å². The highest BCUT2D eigenvalue weighted by Gasteiger charge is 2.23. The minimum Gasteiger partial charge on any atom is -0.301 e. The van der Waals surface area contributed by atoms with Gasteiger partial charge in [0.1, 0.15) is 0 Å². The van der Waals surface area contributed by atoms with Crippen LogP contribution in [0.25, 0.3) is 0 Å². The maximum absolute atomic E-state index is 12.5. The number of nitriles is 2. The van der Waals surface area contributed by atoms with Gasteiger partial charge in [-0.25, -0.2) is 13.4 Å². The van der Waals surface area contributed by atoms with Crippen molar-refractivity contribution in [3.8, 4) is 12.1 Å². The van der Waals surface area contributed by atoms with Crippen LogP contribution in [0.15, 0.2) is 33.4 Å². The first-order valence-corrected chi connectivity index (χ1v) is 10.8. The number of sulfonamides is 1. The molecular formula is C16H15N5O3S3. The molecule has 0 bridgehead atoms. The molecule has 1 amide bonds. The molecule has 1 N–H and O–H groups in total. The molecule has 0 aliphatic rings. The fourth-order valence-corrected chi connectivity index (χ4v) is 4.94. The highest BCUT2D eigenvalue weighted by molar-refractivity contribution is 8.01. The molecule has 0 aliphatic carbocycles. The predicted molar refractivity (Wildman–Crippen MR) is 103 cm³/mol. The number of thioether (sulfide) groups is 1. The Morgan fingerprint density at radius 3 is 2.59 bits per heavy atom. The van der Waals surface area contributed by atoms with Crippen molar-refractivity contribution in [3.05, 3.63) is 35.5 Å². The number of thiazole rings is 1. The number of benzene rings is 1. The van der Waals surface area contributed by atoms with E-state index in [9.17, 15) is 13.2 Å². The van der Waals surface area contributed by atoms with Crippen LogP contribution in [-0.2, 0) is 14.8 Å². The maximum Gasteiger partial charge on any atom is 0.243 e. The fraction of sp³-hybridized carbons (Fsp3) is 0.250. The first-order valence-electron chi connectivity index (χ1n) is 7.51. The number of likely N-dealkylation sites (N-methyl/N-ethyl adjacent to an activating group) is 1. The number of nitrogens with zero attached hydrogens (tertiary/aromatic N) is 4. The van der Waals surface area contributed by atoms with E-state index in [4.69, 9.17) is 10.5 Å². The van der Waals surface area contributed by atoms with Crippen LogP contribution in [-0.4, -0.2) is 43.0 Å². The van der Waals surface area contributed by atoms with Gasteiger partial charge in [-0.05, 0) is 31.2 Å². The standard InChI is InChI=1S/C16H15N5O3S3/c1-11-15(25-8-7-17)26-16(19-11)20-14(22)10-21(2)27(23,24)13-5-3-12(9-18)4-6-13/h3-6H,8,10H2,1-2H3,(H,19,20,22).